The van der Waals surface area contributed by atoms with E-state index in [-0.39, 0.29) is 12.4 Å². The minimum atomic E-state index is -0.706. The smallest absolute Gasteiger partial charge is 0.333 e. The predicted octanol–water partition coefficient (Wildman–Crippen LogP) is 4.30. The van der Waals surface area contributed by atoms with Gasteiger partial charge in [-0.05, 0) is 36.8 Å². The summed E-state index contributed by atoms with van der Waals surface area (Å²) in [5, 5.41) is 3.02. The molecule has 1 unspecified atom stereocenters. The lowest BCUT2D eigenvalue weighted by Crippen LogP contribution is -2.23. The molecule has 2 aromatic carbocycles. The van der Waals surface area contributed by atoms with Crippen LogP contribution in [0.15, 0.2) is 53.0 Å². The second-order valence-corrected chi connectivity index (χ2v) is 5.22. The molecule has 0 spiro atoms. The van der Waals surface area contributed by atoms with Crippen LogP contribution in [0.4, 0.5) is 10.1 Å². The van der Waals surface area contributed by atoms with E-state index in [0.29, 0.717) is 5.69 Å². The Kier molecular flexibility index (Phi) is 5.33. The first kappa shape index (κ1) is 15.5. The van der Waals surface area contributed by atoms with Crippen LogP contribution in [-0.2, 0) is 9.53 Å². The van der Waals surface area contributed by atoms with Crippen molar-refractivity contribution < 1.29 is 13.9 Å². The zero-order valence-electron chi connectivity index (χ0n) is 11.5. The van der Waals surface area contributed by atoms with Crippen LogP contribution < -0.4 is 5.32 Å². The third kappa shape index (κ3) is 4.04. The van der Waals surface area contributed by atoms with Crippen molar-refractivity contribution in [3.8, 4) is 0 Å². The molecule has 0 fully saturated rings. The number of carbonyl (C=O) groups excluding carboxylic acids is 1. The Hall–Kier alpha value is -1.88. The van der Waals surface area contributed by atoms with E-state index in [1.165, 1.54) is 12.1 Å². The van der Waals surface area contributed by atoms with Crippen LogP contribution in [0.1, 0.15) is 18.5 Å². The molecular weight excluding hydrogens is 337 g/mol. The standard InChI is InChI=1S/C16H15BrFNO2/c1-2-21-16(20)15(13-8-3-4-9-14(13)17)19-12-7-5-6-11(18)10-12/h3-10,15,19H,2H2,1H3. The molecule has 2 aromatic rings. The number of hydrogen-bond donors (Lipinski definition) is 1. The summed E-state index contributed by atoms with van der Waals surface area (Å²) < 4.78 is 19.2. The SMILES string of the molecule is CCOC(=O)C(Nc1cccc(F)c1)c1ccccc1Br. The molecular formula is C16H15BrFNO2. The highest BCUT2D eigenvalue weighted by atomic mass is 79.9. The zero-order valence-corrected chi connectivity index (χ0v) is 13.1. The van der Waals surface area contributed by atoms with Gasteiger partial charge in [0.1, 0.15) is 5.82 Å². The summed E-state index contributed by atoms with van der Waals surface area (Å²) in [5.41, 5.74) is 1.25. The largest absolute Gasteiger partial charge is 0.464 e. The maximum Gasteiger partial charge on any atom is 0.333 e. The minimum Gasteiger partial charge on any atom is -0.464 e. The summed E-state index contributed by atoms with van der Waals surface area (Å²) >= 11 is 3.42. The number of anilines is 1. The van der Waals surface area contributed by atoms with E-state index >= 15 is 0 Å². The molecule has 21 heavy (non-hydrogen) atoms. The quantitative estimate of drug-likeness (QED) is 0.816. The van der Waals surface area contributed by atoms with Gasteiger partial charge in [0.15, 0.2) is 6.04 Å². The highest BCUT2D eigenvalue weighted by Crippen LogP contribution is 2.27. The van der Waals surface area contributed by atoms with Crippen LogP contribution in [-0.4, -0.2) is 12.6 Å². The first-order valence-electron chi connectivity index (χ1n) is 6.55. The fourth-order valence-electron chi connectivity index (χ4n) is 1.94. The lowest BCUT2D eigenvalue weighted by atomic mass is 10.1. The fraction of sp³-hybridized carbons (Fsp3) is 0.188. The average molecular weight is 352 g/mol. The Morgan fingerprint density at radius 1 is 1.29 bits per heavy atom. The van der Waals surface area contributed by atoms with Crippen molar-refractivity contribution in [1.82, 2.24) is 0 Å². The second kappa shape index (κ2) is 7.22. The number of ether oxygens (including phenoxy) is 1. The number of halogens is 2. The van der Waals surface area contributed by atoms with Crippen molar-refractivity contribution >= 4 is 27.6 Å². The molecule has 0 bridgehead atoms. The van der Waals surface area contributed by atoms with Gasteiger partial charge in [-0.3, -0.25) is 0 Å². The van der Waals surface area contributed by atoms with Crippen molar-refractivity contribution in [2.75, 3.05) is 11.9 Å². The molecule has 0 aliphatic carbocycles. The number of nitrogens with one attached hydrogen (secondary N) is 1. The van der Waals surface area contributed by atoms with Crippen molar-refractivity contribution in [3.63, 3.8) is 0 Å². The molecule has 0 aromatic heterocycles. The monoisotopic (exact) mass is 351 g/mol. The lowest BCUT2D eigenvalue weighted by molar-refractivity contribution is -0.144. The highest BCUT2D eigenvalue weighted by Gasteiger charge is 2.23. The third-order valence-corrected chi connectivity index (χ3v) is 3.60. The van der Waals surface area contributed by atoms with E-state index in [9.17, 15) is 9.18 Å². The van der Waals surface area contributed by atoms with Crippen LogP contribution >= 0.6 is 15.9 Å². The van der Waals surface area contributed by atoms with E-state index in [1.807, 2.05) is 24.3 Å². The summed E-state index contributed by atoms with van der Waals surface area (Å²) in [4.78, 5) is 12.2. The Morgan fingerprint density at radius 3 is 2.71 bits per heavy atom. The van der Waals surface area contributed by atoms with Gasteiger partial charge in [0.2, 0.25) is 0 Å². The molecule has 0 heterocycles. The second-order valence-electron chi connectivity index (χ2n) is 4.36. The summed E-state index contributed by atoms with van der Waals surface area (Å²) in [6.07, 6.45) is 0. The van der Waals surface area contributed by atoms with Crippen molar-refractivity contribution in [2.24, 2.45) is 0 Å². The number of benzene rings is 2. The van der Waals surface area contributed by atoms with E-state index in [1.54, 1.807) is 19.1 Å². The van der Waals surface area contributed by atoms with Gasteiger partial charge in [0.25, 0.3) is 0 Å². The molecule has 0 saturated carbocycles. The Balaban J connectivity index is 2.33. The van der Waals surface area contributed by atoms with Gasteiger partial charge in [-0.2, -0.15) is 0 Å². The van der Waals surface area contributed by atoms with Crippen LogP contribution in [0, 0.1) is 5.82 Å². The molecule has 3 nitrogen and oxygen atoms in total. The first-order chi connectivity index (χ1) is 10.1. The normalized spacial score (nSPS) is 11.8. The Bertz CT molecular complexity index is 633. The molecule has 110 valence electrons. The fourth-order valence-corrected chi connectivity index (χ4v) is 2.46. The molecule has 0 aliphatic heterocycles. The minimum absolute atomic E-state index is 0.282. The van der Waals surface area contributed by atoms with Crippen molar-refractivity contribution in [1.29, 1.82) is 0 Å². The molecule has 1 atom stereocenters. The van der Waals surface area contributed by atoms with Crippen LogP contribution in [0.25, 0.3) is 0 Å². The van der Waals surface area contributed by atoms with Gasteiger partial charge < -0.3 is 10.1 Å². The Labute approximate surface area is 131 Å². The first-order valence-corrected chi connectivity index (χ1v) is 7.34. The van der Waals surface area contributed by atoms with Crippen molar-refractivity contribution in [2.45, 2.75) is 13.0 Å². The summed E-state index contributed by atoms with van der Waals surface area (Å²) in [6.45, 7) is 2.03. The number of carbonyl (C=O) groups is 1. The van der Waals surface area contributed by atoms with Crippen molar-refractivity contribution in [3.05, 3.63) is 64.4 Å². The van der Waals surface area contributed by atoms with Gasteiger partial charge in [0.05, 0.1) is 6.61 Å². The molecule has 0 radical (unpaired) electrons. The summed E-state index contributed by atoms with van der Waals surface area (Å²) in [6, 6.07) is 12.6. The van der Waals surface area contributed by atoms with Crippen LogP contribution in [0.5, 0.6) is 0 Å². The van der Waals surface area contributed by atoms with Crippen LogP contribution in [0.3, 0.4) is 0 Å². The summed E-state index contributed by atoms with van der Waals surface area (Å²) in [5.74, 6) is -0.775. The molecule has 2 rings (SSSR count). The molecule has 1 N–H and O–H groups in total. The lowest BCUT2D eigenvalue weighted by Gasteiger charge is -2.20. The van der Waals surface area contributed by atoms with Gasteiger partial charge in [-0.25, -0.2) is 9.18 Å². The van der Waals surface area contributed by atoms with E-state index in [2.05, 4.69) is 21.2 Å². The van der Waals surface area contributed by atoms with E-state index in [0.717, 1.165) is 10.0 Å². The summed E-state index contributed by atoms with van der Waals surface area (Å²) in [7, 11) is 0. The third-order valence-electron chi connectivity index (χ3n) is 2.87. The topological polar surface area (TPSA) is 38.3 Å². The molecule has 5 heteroatoms. The average Bonchev–Trinajstić information content (AvgIpc) is 2.46. The molecule has 0 aliphatic rings. The van der Waals surface area contributed by atoms with Gasteiger partial charge >= 0.3 is 5.97 Å². The highest BCUT2D eigenvalue weighted by molar-refractivity contribution is 9.10. The number of esters is 1. The number of rotatable bonds is 5. The maximum atomic E-state index is 13.3. The van der Waals surface area contributed by atoms with Gasteiger partial charge in [-0.15, -0.1) is 0 Å². The zero-order chi connectivity index (χ0) is 15.2. The number of hydrogen-bond acceptors (Lipinski definition) is 3. The predicted molar refractivity (Wildman–Crippen MR) is 83.5 cm³/mol. The molecule has 0 saturated heterocycles. The Morgan fingerprint density at radius 2 is 2.05 bits per heavy atom. The maximum absolute atomic E-state index is 13.3. The molecule has 0 amide bonds. The van der Waals surface area contributed by atoms with E-state index in [4.69, 9.17) is 4.74 Å². The van der Waals surface area contributed by atoms with Gasteiger partial charge in [0, 0.05) is 10.2 Å². The van der Waals surface area contributed by atoms with Gasteiger partial charge in [-0.1, -0.05) is 40.2 Å². The van der Waals surface area contributed by atoms with Crippen LogP contribution in [0.2, 0.25) is 0 Å². The van der Waals surface area contributed by atoms with E-state index < -0.39 is 12.0 Å².